The lowest BCUT2D eigenvalue weighted by Crippen LogP contribution is -2.18. The van der Waals surface area contributed by atoms with Crippen LogP contribution in [0.4, 0.5) is 0 Å². The average molecular weight is 553 g/mol. The molecule has 8 heteroatoms. The molecular weight excluding hydrogens is 516 g/mol. The number of carbonyl (C=O) groups is 1. The highest BCUT2D eigenvalue weighted by Crippen LogP contribution is 2.39. The second-order valence-corrected chi connectivity index (χ2v) is 13.0. The first kappa shape index (κ1) is 28.5. The highest BCUT2D eigenvalue weighted by atomic mass is 32.2. The summed E-state index contributed by atoms with van der Waals surface area (Å²) in [6, 6.07) is 18.7. The molecule has 1 unspecified atom stereocenters. The van der Waals surface area contributed by atoms with Gasteiger partial charge < -0.3 is 19.3 Å². The van der Waals surface area contributed by atoms with Gasteiger partial charge in [-0.25, -0.2) is 8.42 Å². The highest BCUT2D eigenvalue weighted by Gasteiger charge is 2.33. The third-order valence-electron chi connectivity index (χ3n) is 6.98. The van der Waals surface area contributed by atoms with E-state index in [9.17, 15) is 18.3 Å². The van der Waals surface area contributed by atoms with Gasteiger partial charge in [0.2, 0.25) is 0 Å². The SMILES string of the molecule is COc1ccc(S(=O)(=O)C(CC(=O)O)c2cccc(Oc3ccc(C(C)(C)C)cc3)c2)cc1OC1CCCC1. The molecule has 0 bridgehead atoms. The number of benzene rings is 3. The van der Waals surface area contributed by atoms with Crippen LogP contribution in [-0.2, 0) is 20.0 Å². The molecule has 3 aromatic carbocycles. The lowest BCUT2D eigenvalue weighted by Gasteiger charge is -2.20. The summed E-state index contributed by atoms with van der Waals surface area (Å²) >= 11 is 0. The topological polar surface area (TPSA) is 99.1 Å². The van der Waals surface area contributed by atoms with Crippen LogP contribution >= 0.6 is 0 Å². The van der Waals surface area contributed by atoms with E-state index in [1.807, 2.05) is 24.3 Å². The van der Waals surface area contributed by atoms with Gasteiger partial charge in [-0.3, -0.25) is 4.79 Å². The van der Waals surface area contributed by atoms with E-state index in [1.54, 1.807) is 30.3 Å². The van der Waals surface area contributed by atoms with Crippen molar-refractivity contribution in [3.63, 3.8) is 0 Å². The minimum absolute atomic E-state index is 0.000320. The maximum absolute atomic E-state index is 13.9. The van der Waals surface area contributed by atoms with E-state index in [-0.39, 0.29) is 16.4 Å². The fourth-order valence-corrected chi connectivity index (χ4v) is 6.50. The van der Waals surface area contributed by atoms with Crippen molar-refractivity contribution < 1.29 is 32.5 Å². The highest BCUT2D eigenvalue weighted by molar-refractivity contribution is 7.91. The van der Waals surface area contributed by atoms with E-state index >= 15 is 0 Å². The van der Waals surface area contributed by atoms with E-state index in [0.29, 0.717) is 28.6 Å². The van der Waals surface area contributed by atoms with Crippen molar-refractivity contribution in [2.45, 2.75) is 74.5 Å². The average Bonchev–Trinajstić information content (AvgIpc) is 3.40. The van der Waals surface area contributed by atoms with E-state index in [4.69, 9.17) is 14.2 Å². The Morgan fingerprint density at radius 1 is 0.949 bits per heavy atom. The minimum atomic E-state index is -4.11. The molecule has 0 heterocycles. The number of rotatable bonds is 10. The van der Waals surface area contributed by atoms with Gasteiger partial charge in [0.25, 0.3) is 0 Å². The van der Waals surface area contributed by atoms with Gasteiger partial charge in [-0.15, -0.1) is 0 Å². The summed E-state index contributed by atoms with van der Waals surface area (Å²) in [4.78, 5) is 11.8. The second-order valence-electron chi connectivity index (χ2n) is 10.9. The Bertz CT molecular complexity index is 1400. The molecule has 0 radical (unpaired) electrons. The van der Waals surface area contributed by atoms with E-state index in [1.165, 1.54) is 19.2 Å². The van der Waals surface area contributed by atoms with Crippen LogP contribution in [0.25, 0.3) is 0 Å². The molecule has 4 rings (SSSR count). The summed E-state index contributed by atoms with van der Waals surface area (Å²) in [5.74, 6) is 0.575. The monoisotopic (exact) mass is 552 g/mol. The first-order valence-corrected chi connectivity index (χ1v) is 14.7. The number of hydrogen-bond donors (Lipinski definition) is 1. The van der Waals surface area contributed by atoms with Crippen molar-refractivity contribution in [3.05, 3.63) is 77.9 Å². The molecule has 39 heavy (non-hydrogen) atoms. The van der Waals surface area contributed by atoms with Gasteiger partial charge in [-0.2, -0.15) is 0 Å². The Hall–Kier alpha value is -3.52. The second kappa shape index (κ2) is 11.7. The van der Waals surface area contributed by atoms with Crippen LogP contribution in [0.15, 0.2) is 71.6 Å². The summed E-state index contributed by atoms with van der Waals surface area (Å²) in [6.45, 7) is 6.38. The zero-order valence-electron chi connectivity index (χ0n) is 22.8. The molecule has 0 aromatic heterocycles. The lowest BCUT2D eigenvalue weighted by atomic mass is 9.87. The van der Waals surface area contributed by atoms with Crippen LogP contribution in [-0.4, -0.2) is 32.7 Å². The van der Waals surface area contributed by atoms with Gasteiger partial charge in [-0.1, -0.05) is 45.0 Å². The summed E-state index contributed by atoms with van der Waals surface area (Å²) < 4.78 is 45.2. The number of methoxy groups -OCH3 is 1. The quantitative estimate of drug-likeness (QED) is 0.286. The van der Waals surface area contributed by atoms with Gasteiger partial charge in [0.15, 0.2) is 21.3 Å². The fourth-order valence-electron chi connectivity index (χ4n) is 4.78. The van der Waals surface area contributed by atoms with Crippen molar-refractivity contribution in [1.82, 2.24) is 0 Å². The Labute approximate surface area is 230 Å². The van der Waals surface area contributed by atoms with Crippen LogP contribution in [0, 0.1) is 0 Å². The number of carboxylic acids is 1. The van der Waals surface area contributed by atoms with Crippen molar-refractivity contribution in [2.24, 2.45) is 0 Å². The number of carboxylic acid groups (broad SMARTS) is 1. The van der Waals surface area contributed by atoms with E-state index in [2.05, 4.69) is 20.8 Å². The van der Waals surface area contributed by atoms with Crippen molar-refractivity contribution in [2.75, 3.05) is 7.11 Å². The Morgan fingerprint density at radius 2 is 1.64 bits per heavy atom. The third-order valence-corrected chi connectivity index (χ3v) is 9.08. The van der Waals surface area contributed by atoms with Gasteiger partial charge >= 0.3 is 5.97 Å². The third kappa shape index (κ3) is 6.92. The molecular formula is C31H36O7S. The van der Waals surface area contributed by atoms with Crippen LogP contribution in [0.3, 0.4) is 0 Å². The molecule has 7 nitrogen and oxygen atoms in total. The fraction of sp³-hybridized carbons (Fsp3) is 0.387. The predicted molar refractivity (Wildman–Crippen MR) is 150 cm³/mol. The Balaban J connectivity index is 1.65. The summed E-state index contributed by atoms with van der Waals surface area (Å²) in [5.41, 5.74) is 1.49. The molecule has 1 atom stereocenters. The van der Waals surface area contributed by atoms with Gasteiger partial charge in [0.05, 0.1) is 24.5 Å². The number of ether oxygens (including phenoxy) is 3. The molecule has 0 saturated heterocycles. The van der Waals surface area contributed by atoms with Crippen LogP contribution in [0.5, 0.6) is 23.0 Å². The van der Waals surface area contributed by atoms with Gasteiger partial charge in [0.1, 0.15) is 16.7 Å². The predicted octanol–water partition coefficient (Wildman–Crippen LogP) is 7.10. The molecule has 208 valence electrons. The van der Waals surface area contributed by atoms with Gasteiger partial charge in [-0.05, 0) is 78.6 Å². The Morgan fingerprint density at radius 3 is 2.26 bits per heavy atom. The summed E-state index contributed by atoms with van der Waals surface area (Å²) in [5, 5.41) is 8.31. The molecule has 1 aliphatic carbocycles. The number of hydrogen-bond acceptors (Lipinski definition) is 6. The smallest absolute Gasteiger partial charge is 0.305 e. The molecule has 0 aliphatic heterocycles. The molecule has 0 amide bonds. The largest absolute Gasteiger partial charge is 0.493 e. The zero-order valence-corrected chi connectivity index (χ0v) is 23.7. The van der Waals surface area contributed by atoms with E-state index in [0.717, 1.165) is 31.2 Å². The minimum Gasteiger partial charge on any atom is -0.493 e. The molecule has 1 saturated carbocycles. The first-order chi connectivity index (χ1) is 18.5. The lowest BCUT2D eigenvalue weighted by molar-refractivity contribution is -0.137. The van der Waals surface area contributed by atoms with E-state index < -0.39 is 27.5 Å². The number of sulfone groups is 1. The molecule has 1 fully saturated rings. The standard InChI is InChI=1S/C31H36O7S/c1-31(2,3)22-12-14-24(15-13-22)37-25-11-7-8-21(18-25)29(20-30(32)33)39(34,35)26-16-17-27(36-4)28(19-26)38-23-9-5-6-10-23/h7-8,11-19,23,29H,5-6,9-10,20H2,1-4H3,(H,32,33). The van der Waals surface area contributed by atoms with Crippen molar-refractivity contribution in [1.29, 1.82) is 0 Å². The normalized spacial score (nSPS) is 15.1. The zero-order chi connectivity index (χ0) is 28.2. The van der Waals surface area contributed by atoms with Crippen molar-refractivity contribution in [3.8, 4) is 23.0 Å². The Kier molecular flexibility index (Phi) is 8.54. The summed E-state index contributed by atoms with van der Waals surface area (Å²) in [7, 11) is -2.61. The van der Waals surface area contributed by atoms with Crippen molar-refractivity contribution >= 4 is 15.8 Å². The van der Waals surface area contributed by atoms with Gasteiger partial charge in [0, 0.05) is 6.07 Å². The molecule has 0 spiro atoms. The maximum Gasteiger partial charge on any atom is 0.305 e. The molecule has 1 aliphatic rings. The first-order valence-electron chi connectivity index (χ1n) is 13.2. The molecule has 1 N–H and O–H groups in total. The van der Waals surface area contributed by atoms with Crippen LogP contribution in [0.1, 0.15) is 69.3 Å². The maximum atomic E-state index is 13.9. The van der Waals surface area contributed by atoms with Crippen LogP contribution in [0.2, 0.25) is 0 Å². The number of aliphatic carboxylic acids is 1. The van der Waals surface area contributed by atoms with Crippen LogP contribution < -0.4 is 14.2 Å². The molecule has 3 aromatic rings. The summed E-state index contributed by atoms with van der Waals surface area (Å²) in [6.07, 6.45) is 3.31.